The number of halogens is 1. The Morgan fingerprint density at radius 1 is 1.06 bits per heavy atom. The highest BCUT2D eigenvalue weighted by Gasteiger charge is 2.18. The van der Waals surface area contributed by atoms with Crippen LogP contribution in [0.25, 0.3) is 16.9 Å². The molecule has 0 fully saturated rings. The van der Waals surface area contributed by atoms with Crippen LogP contribution in [0.1, 0.15) is 16.1 Å². The molecule has 0 spiro atoms. The van der Waals surface area contributed by atoms with Crippen molar-refractivity contribution in [1.82, 2.24) is 20.1 Å². The highest BCUT2D eigenvalue weighted by atomic mass is 19.1. The number of hydrogen-bond donors (Lipinski definition) is 1. The first kappa shape index (κ1) is 18.8. The molecule has 2 aromatic heterocycles. The molecule has 0 atom stereocenters. The maximum absolute atomic E-state index is 13.4. The van der Waals surface area contributed by atoms with Gasteiger partial charge in [-0.05, 0) is 60.2 Å². The van der Waals surface area contributed by atoms with Crippen LogP contribution in [-0.4, -0.2) is 27.5 Å². The summed E-state index contributed by atoms with van der Waals surface area (Å²) in [6.45, 7) is 0.504. The molecule has 4 aromatic rings. The Labute approximate surface area is 177 Å². The number of nitrogens with one attached hydrogen (secondary N) is 1. The molecule has 1 aliphatic rings. The van der Waals surface area contributed by atoms with Gasteiger partial charge in [-0.15, -0.1) is 0 Å². The molecule has 0 aliphatic carbocycles. The van der Waals surface area contributed by atoms with Gasteiger partial charge in [-0.2, -0.15) is 5.10 Å². The van der Waals surface area contributed by atoms with Gasteiger partial charge >= 0.3 is 0 Å². The monoisotopic (exact) mass is 416 g/mol. The highest BCUT2D eigenvalue weighted by molar-refractivity contribution is 5.93. The first-order chi connectivity index (χ1) is 15.2. The van der Waals surface area contributed by atoms with Crippen LogP contribution < -0.4 is 14.8 Å². The van der Waals surface area contributed by atoms with Crippen LogP contribution in [0.2, 0.25) is 0 Å². The lowest BCUT2D eigenvalue weighted by atomic mass is 10.2. The van der Waals surface area contributed by atoms with Crippen LogP contribution >= 0.6 is 0 Å². The molecule has 0 saturated carbocycles. The maximum atomic E-state index is 13.4. The summed E-state index contributed by atoms with van der Waals surface area (Å²) >= 11 is 0. The van der Waals surface area contributed by atoms with E-state index >= 15 is 0 Å². The smallest absolute Gasteiger partial charge is 0.272 e. The van der Waals surface area contributed by atoms with Gasteiger partial charge in [-0.25, -0.2) is 9.07 Å². The maximum Gasteiger partial charge on any atom is 0.272 e. The Balaban J connectivity index is 1.42. The molecular formula is C23H17FN4O3. The van der Waals surface area contributed by atoms with Crippen molar-refractivity contribution in [2.24, 2.45) is 0 Å². The second kappa shape index (κ2) is 7.91. The molecule has 3 heterocycles. The van der Waals surface area contributed by atoms with E-state index in [4.69, 9.17) is 9.47 Å². The van der Waals surface area contributed by atoms with Crippen LogP contribution in [0, 0.1) is 5.82 Å². The molecule has 0 radical (unpaired) electrons. The highest BCUT2D eigenvalue weighted by Crippen LogP contribution is 2.32. The molecule has 2 aromatic carbocycles. The Hall–Kier alpha value is -4.20. The number of ether oxygens (including phenoxy) is 2. The van der Waals surface area contributed by atoms with Gasteiger partial charge in [0, 0.05) is 24.5 Å². The number of hydrogen-bond acceptors (Lipinski definition) is 5. The van der Waals surface area contributed by atoms with Crippen LogP contribution in [0.4, 0.5) is 4.39 Å². The number of amides is 1. The summed E-state index contributed by atoms with van der Waals surface area (Å²) in [5.41, 5.74) is 3.21. The predicted octanol–water partition coefficient (Wildman–Crippen LogP) is 3.73. The van der Waals surface area contributed by atoms with Crippen molar-refractivity contribution in [2.75, 3.05) is 6.79 Å². The Morgan fingerprint density at radius 2 is 1.90 bits per heavy atom. The molecule has 1 amide bonds. The number of carbonyl (C=O) groups excluding carboxylic acids is 1. The van der Waals surface area contributed by atoms with Crippen LogP contribution in [-0.2, 0) is 6.54 Å². The number of fused-ring (bicyclic) bond motifs is 1. The fourth-order valence-electron chi connectivity index (χ4n) is 3.31. The van der Waals surface area contributed by atoms with Crippen LogP contribution in [0.15, 0.2) is 73.1 Å². The van der Waals surface area contributed by atoms with Gasteiger partial charge in [0.15, 0.2) is 17.2 Å². The zero-order valence-corrected chi connectivity index (χ0v) is 16.3. The SMILES string of the molecule is O=C(NCc1ccc2c(c1)OCO2)c1cc(-c2cccnc2)n(-c2ccc(F)cc2)n1. The molecule has 0 bridgehead atoms. The van der Waals surface area contributed by atoms with E-state index in [0.717, 1.165) is 11.1 Å². The van der Waals surface area contributed by atoms with Gasteiger partial charge in [0.05, 0.1) is 11.4 Å². The van der Waals surface area contributed by atoms with E-state index in [1.165, 1.54) is 12.1 Å². The van der Waals surface area contributed by atoms with Gasteiger partial charge < -0.3 is 14.8 Å². The molecule has 5 rings (SSSR count). The molecular weight excluding hydrogens is 399 g/mol. The molecule has 1 aliphatic heterocycles. The summed E-state index contributed by atoms with van der Waals surface area (Å²) < 4.78 is 25.7. The molecule has 1 N–H and O–H groups in total. The van der Waals surface area contributed by atoms with Crippen molar-refractivity contribution in [1.29, 1.82) is 0 Å². The zero-order chi connectivity index (χ0) is 21.2. The van der Waals surface area contributed by atoms with Crippen molar-refractivity contribution < 1.29 is 18.7 Å². The van der Waals surface area contributed by atoms with E-state index < -0.39 is 0 Å². The van der Waals surface area contributed by atoms with E-state index in [1.54, 1.807) is 41.3 Å². The fraction of sp³-hybridized carbons (Fsp3) is 0.0870. The summed E-state index contributed by atoms with van der Waals surface area (Å²) in [6.07, 6.45) is 3.35. The number of benzene rings is 2. The lowest BCUT2D eigenvalue weighted by Gasteiger charge is -2.07. The quantitative estimate of drug-likeness (QED) is 0.536. The largest absolute Gasteiger partial charge is 0.454 e. The molecule has 31 heavy (non-hydrogen) atoms. The third-order valence-corrected chi connectivity index (χ3v) is 4.86. The van der Waals surface area contributed by atoms with Gasteiger partial charge in [0.1, 0.15) is 5.82 Å². The molecule has 0 unspecified atom stereocenters. The minimum absolute atomic E-state index is 0.198. The average Bonchev–Trinajstić information content (AvgIpc) is 3.46. The van der Waals surface area contributed by atoms with Crippen molar-refractivity contribution in [3.05, 3.63) is 90.1 Å². The van der Waals surface area contributed by atoms with Crippen molar-refractivity contribution in [2.45, 2.75) is 6.54 Å². The standard InChI is InChI=1S/C23H17FN4O3/c24-17-4-6-18(7-5-17)28-20(16-2-1-9-25-13-16)11-19(27-28)23(29)26-12-15-3-8-21-22(10-15)31-14-30-21/h1-11,13H,12,14H2,(H,26,29). The Kier molecular flexibility index (Phi) is 4.80. The fourth-order valence-corrected chi connectivity index (χ4v) is 3.31. The Bertz CT molecular complexity index is 1240. The number of rotatable bonds is 5. The first-order valence-electron chi connectivity index (χ1n) is 9.60. The zero-order valence-electron chi connectivity index (χ0n) is 16.3. The molecule has 7 nitrogen and oxygen atoms in total. The third kappa shape index (κ3) is 3.83. The van der Waals surface area contributed by atoms with Gasteiger partial charge in [-0.1, -0.05) is 6.07 Å². The summed E-state index contributed by atoms with van der Waals surface area (Å²) in [5.74, 6) is 0.671. The number of aromatic nitrogens is 3. The van der Waals surface area contributed by atoms with Gasteiger partial charge in [-0.3, -0.25) is 9.78 Å². The minimum Gasteiger partial charge on any atom is -0.454 e. The average molecular weight is 416 g/mol. The van der Waals surface area contributed by atoms with Crippen LogP contribution in [0.5, 0.6) is 11.5 Å². The van der Waals surface area contributed by atoms with Gasteiger partial charge in [0.2, 0.25) is 6.79 Å². The van der Waals surface area contributed by atoms with Crippen LogP contribution in [0.3, 0.4) is 0 Å². The summed E-state index contributed by atoms with van der Waals surface area (Å²) in [7, 11) is 0. The van der Waals surface area contributed by atoms with E-state index in [-0.39, 0.29) is 24.2 Å². The number of carbonyl (C=O) groups is 1. The number of nitrogens with zero attached hydrogens (tertiary/aromatic N) is 3. The molecule has 8 heteroatoms. The normalized spacial score (nSPS) is 12.0. The summed E-state index contributed by atoms with van der Waals surface area (Å²) in [5, 5.41) is 7.34. The van der Waals surface area contributed by atoms with Gasteiger partial charge in [0.25, 0.3) is 5.91 Å². The second-order valence-electron chi connectivity index (χ2n) is 6.92. The van der Waals surface area contributed by atoms with E-state index in [1.807, 2.05) is 24.3 Å². The van der Waals surface area contributed by atoms with Crippen molar-refractivity contribution >= 4 is 5.91 Å². The third-order valence-electron chi connectivity index (χ3n) is 4.86. The molecule has 0 saturated heterocycles. The van der Waals surface area contributed by atoms with E-state index in [0.29, 0.717) is 29.4 Å². The second-order valence-corrected chi connectivity index (χ2v) is 6.92. The molecule has 154 valence electrons. The topological polar surface area (TPSA) is 78.3 Å². The lowest BCUT2D eigenvalue weighted by molar-refractivity contribution is 0.0945. The Morgan fingerprint density at radius 3 is 2.71 bits per heavy atom. The van der Waals surface area contributed by atoms with Crippen molar-refractivity contribution in [3.63, 3.8) is 0 Å². The van der Waals surface area contributed by atoms with Crippen molar-refractivity contribution in [3.8, 4) is 28.4 Å². The summed E-state index contributed by atoms with van der Waals surface area (Å²) in [6, 6.07) is 16.8. The predicted molar refractivity (Wildman–Crippen MR) is 110 cm³/mol. The number of pyridine rings is 1. The van der Waals surface area contributed by atoms with E-state index in [2.05, 4.69) is 15.4 Å². The lowest BCUT2D eigenvalue weighted by Crippen LogP contribution is -2.23. The minimum atomic E-state index is -0.347. The van der Waals surface area contributed by atoms with E-state index in [9.17, 15) is 9.18 Å². The summed E-state index contributed by atoms with van der Waals surface area (Å²) in [4.78, 5) is 17.0. The first-order valence-corrected chi connectivity index (χ1v) is 9.60.